The summed E-state index contributed by atoms with van der Waals surface area (Å²) < 4.78 is 1.82. The summed E-state index contributed by atoms with van der Waals surface area (Å²) in [6, 6.07) is 6.76. The van der Waals surface area contributed by atoms with Crippen LogP contribution in [0.4, 0.5) is 0 Å². The van der Waals surface area contributed by atoms with E-state index in [1.807, 2.05) is 10.9 Å². The zero-order valence-electron chi connectivity index (χ0n) is 11.4. The summed E-state index contributed by atoms with van der Waals surface area (Å²) in [5.74, 6) is 0. The van der Waals surface area contributed by atoms with Gasteiger partial charge in [-0.1, -0.05) is 25.1 Å². The minimum Gasteiger partial charge on any atom is -0.309 e. The molecule has 0 fully saturated rings. The molecule has 18 heavy (non-hydrogen) atoms. The summed E-state index contributed by atoms with van der Waals surface area (Å²) in [6.45, 7) is 9.21. The van der Waals surface area contributed by atoms with Gasteiger partial charge in [-0.15, -0.1) is 5.10 Å². The van der Waals surface area contributed by atoms with E-state index in [1.54, 1.807) is 0 Å². The van der Waals surface area contributed by atoms with E-state index < -0.39 is 0 Å². The van der Waals surface area contributed by atoms with Gasteiger partial charge in [0.2, 0.25) is 0 Å². The second-order valence-electron chi connectivity index (χ2n) is 4.96. The van der Waals surface area contributed by atoms with Crippen molar-refractivity contribution in [1.82, 2.24) is 20.3 Å². The quantitative estimate of drug-likeness (QED) is 0.898. The molecule has 1 aromatic carbocycles. The average Bonchev–Trinajstić information content (AvgIpc) is 2.79. The Labute approximate surface area is 108 Å². The summed E-state index contributed by atoms with van der Waals surface area (Å²) in [5, 5.41) is 11.7. The first-order chi connectivity index (χ1) is 8.56. The van der Waals surface area contributed by atoms with Gasteiger partial charge in [0.25, 0.3) is 0 Å². The highest BCUT2D eigenvalue weighted by Crippen LogP contribution is 2.13. The molecule has 2 aromatic rings. The van der Waals surface area contributed by atoms with Crippen LogP contribution in [0.15, 0.2) is 24.4 Å². The molecule has 0 aliphatic heterocycles. The van der Waals surface area contributed by atoms with Crippen LogP contribution in [0.5, 0.6) is 0 Å². The molecule has 0 saturated heterocycles. The van der Waals surface area contributed by atoms with Gasteiger partial charge in [-0.2, -0.15) is 0 Å². The van der Waals surface area contributed by atoms with E-state index in [4.69, 9.17) is 0 Å². The van der Waals surface area contributed by atoms with Gasteiger partial charge in [-0.05, 0) is 37.1 Å². The van der Waals surface area contributed by atoms with Crippen LogP contribution in [-0.2, 0) is 6.54 Å². The Kier molecular flexibility index (Phi) is 3.77. The molecule has 4 nitrogen and oxygen atoms in total. The number of rotatable bonds is 4. The second kappa shape index (κ2) is 5.31. The summed E-state index contributed by atoms with van der Waals surface area (Å²) in [7, 11) is 0. The molecule has 0 amide bonds. The van der Waals surface area contributed by atoms with E-state index in [0.717, 1.165) is 17.9 Å². The smallest absolute Gasteiger partial charge is 0.0969 e. The molecule has 0 saturated carbocycles. The normalized spacial score (nSPS) is 11.2. The SMILES string of the molecule is Cc1ccc(-n2cc(CNC(C)C)nn2)cc1C. The number of hydrogen-bond acceptors (Lipinski definition) is 3. The number of nitrogens with zero attached hydrogens (tertiary/aromatic N) is 3. The number of hydrogen-bond donors (Lipinski definition) is 1. The van der Waals surface area contributed by atoms with Gasteiger partial charge in [0.1, 0.15) is 0 Å². The zero-order valence-corrected chi connectivity index (χ0v) is 11.4. The molecule has 1 N–H and O–H groups in total. The van der Waals surface area contributed by atoms with Crippen molar-refractivity contribution in [2.45, 2.75) is 40.3 Å². The van der Waals surface area contributed by atoms with Crippen molar-refractivity contribution in [2.75, 3.05) is 0 Å². The van der Waals surface area contributed by atoms with Gasteiger partial charge in [-0.25, -0.2) is 4.68 Å². The summed E-state index contributed by atoms with van der Waals surface area (Å²) in [4.78, 5) is 0. The predicted molar refractivity (Wildman–Crippen MR) is 72.8 cm³/mol. The van der Waals surface area contributed by atoms with Crippen LogP contribution in [0.25, 0.3) is 5.69 Å². The fourth-order valence-electron chi connectivity index (χ4n) is 1.68. The molecular formula is C14H20N4. The first-order valence-electron chi connectivity index (χ1n) is 6.28. The van der Waals surface area contributed by atoms with Crippen LogP contribution in [0.3, 0.4) is 0 Å². The molecule has 1 heterocycles. The number of benzene rings is 1. The zero-order chi connectivity index (χ0) is 13.1. The van der Waals surface area contributed by atoms with Crippen LogP contribution in [0, 0.1) is 13.8 Å². The molecule has 0 bridgehead atoms. The first kappa shape index (κ1) is 12.8. The van der Waals surface area contributed by atoms with Crippen molar-refractivity contribution in [2.24, 2.45) is 0 Å². The maximum Gasteiger partial charge on any atom is 0.0969 e. The maximum atomic E-state index is 4.17. The minimum atomic E-state index is 0.455. The Hall–Kier alpha value is -1.68. The van der Waals surface area contributed by atoms with E-state index in [2.05, 4.69) is 61.5 Å². The number of aryl methyl sites for hydroxylation is 2. The predicted octanol–water partition coefficient (Wildman–Crippen LogP) is 2.38. The highest BCUT2D eigenvalue weighted by atomic mass is 15.4. The molecule has 96 valence electrons. The Bertz CT molecular complexity index is 528. The van der Waals surface area contributed by atoms with Crippen LogP contribution >= 0.6 is 0 Å². The van der Waals surface area contributed by atoms with Gasteiger partial charge >= 0.3 is 0 Å². The number of aromatic nitrogens is 3. The topological polar surface area (TPSA) is 42.7 Å². The second-order valence-corrected chi connectivity index (χ2v) is 4.96. The molecule has 0 unspecified atom stereocenters. The van der Waals surface area contributed by atoms with Crippen LogP contribution in [0.1, 0.15) is 30.7 Å². The van der Waals surface area contributed by atoms with Gasteiger partial charge in [0.15, 0.2) is 0 Å². The lowest BCUT2D eigenvalue weighted by molar-refractivity contribution is 0.580. The Balaban J connectivity index is 2.16. The van der Waals surface area contributed by atoms with Crippen molar-refractivity contribution in [3.05, 3.63) is 41.2 Å². The summed E-state index contributed by atoms with van der Waals surface area (Å²) in [6.07, 6.45) is 1.97. The molecule has 0 aliphatic carbocycles. The highest BCUT2D eigenvalue weighted by Gasteiger charge is 2.04. The molecule has 0 aliphatic rings. The monoisotopic (exact) mass is 244 g/mol. The minimum absolute atomic E-state index is 0.455. The largest absolute Gasteiger partial charge is 0.309 e. The van der Waals surface area contributed by atoms with E-state index in [9.17, 15) is 0 Å². The van der Waals surface area contributed by atoms with E-state index in [-0.39, 0.29) is 0 Å². The van der Waals surface area contributed by atoms with Crippen molar-refractivity contribution in [1.29, 1.82) is 0 Å². The lowest BCUT2D eigenvalue weighted by Crippen LogP contribution is -2.21. The summed E-state index contributed by atoms with van der Waals surface area (Å²) >= 11 is 0. The standard InChI is InChI=1S/C14H20N4/c1-10(2)15-8-13-9-18(17-16-13)14-6-5-11(3)12(4)7-14/h5-7,9-10,15H,8H2,1-4H3. The number of nitrogens with one attached hydrogen (secondary N) is 1. The van der Waals surface area contributed by atoms with Crippen molar-refractivity contribution >= 4 is 0 Å². The Morgan fingerprint density at radius 2 is 2.00 bits per heavy atom. The molecular weight excluding hydrogens is 224 g/mol. The molecule has 1 aromatic heterocycles. The van der Waals surface area contributed by atoms with E-state index in [1.165, 1.54) is 11.1 Å². The van der Waals surface area contributed by atoms with Gasteiger partial charge in [-0.3, -0.25) is 0 Å². The fraction of sp³-hybridized carbons (Fsp3) is 0.429. The lowest BCUT2D eigenvalue weighted by Gasteiger charge is -2.05. The first-order valence-corrected chi connectivity index (χ1v) is 6.28. The highest BCUT2D eigenvalue weighted by molar-refractivity contribution is 5.38. The van der Waals surface area contributed by atoms with Crippen LogP contribution in [-0.4, -0.2) is 21.0 Å². The Morgan fingerprint density at radius 1 is 1.22 bits per heavy atom. The van der Waals surface area contributed by atoms with Crippen molar-refractivity contribution in [3.8, 4) is 5.69 Å². The van der Waals surface area contributed by atoms with Crippen molar-refractivity contribution in [3.63, 3.8) is 0 Å². The van der Waals surface area contributed by atoms with Crippen LogP contribution in [0.2, 0.25) is 0 Å². The van der Waals surface area contributed by atoms with E-state index in [0.29, 0.717) is 6.04 Å². The molecule has 0 spiro atoms. The molecule has 0 radical (unpaired) electrons. The third-order valence-electron chi connectivity index (χ3n) is 2.99. The lowest BCUT2D eigenvalue weighted by atomic mass is 10.1. The fourth-order valence-corrected chi connectivity index (χ4v) is 1.68. The van der Waals surface area contributed by atoms with Gasteiger partial charge in [0.05, 0.1) is 17.6 Å². The van der Waals surface area contributed by atoms with Crippen molar-refractivity contribution < 1.29 is 0 Å². The summed E-state index contributed by atoms with van der Waals surface area (Å²) in [5.41, 5.74) is 4.58. The van der Waals surface area contributed by atoms with Gasteiger partial charge < -0.3 is 5.32 Å². The van der Waals surface area contributed by atoms with E-state index >= 15 is 0 Å². The van der Waals surface area contributed by atoms with Gasteiger partial charge in [0, 0.05) is 12.6 Å². The molecule has 0 atom stereocenters. The molecule has 2 rings (SSSR count). The third-order valence-corrected chi connectivity index (χ3v) is 2.99. The maximum absolute atomic E-state index is 4.17. The average molecular weight is 244 g/mol. The third kappa shape index (κ3) is 2.96. The molecule has 4 heteroatoms. The van der Waals surface area contributed by atoms with Crippen LogP contribution < -0.4 is 5.32 Å². The Morgan fingerprint density at radius 3 is 2.67 bits per heavy atom.